The molecule has 0 aliphatic carbocycles. The quantitative estimate of drug-likeness (QED) is 0.469. The molecule has 1 rings (SSSR count). The first-order chi connectivity index (χ1) is 9.72. The number of amides is 1. The summed E-state index contributed by atoms with van der Waals surface area (Å²) >= 11 is 5.62. The van der Waals surface area contributed by atoms with Crippen LogP contribution in [0.1, 0.15) is 30.6 Å². The number of carboxylic acid groups (broad SMARTS) is 1. The van der Waals surface area contributed by atoms with Crippen molar-refractivity contribution < 1.29 is 19.6 Å². The summed E-state index contributed by atoms with van der Waals surface area (Å²) in [5.41, 5.74) is -0.861. The first-order valence-electron chi connectivity index (χ1n) is 6.06. The number of nitrogens with zero attached hydrogens (tertiary/aromatic N) is 2. The molecule has 8 nitrogen and oxygen atoms in total. The van der Waals surface area contributed by atoms with Gasteiger partial charge in [0, 0.05) is 0 Å². The van der Waals surface area contributed by atoms with Crippen LogP contribution < -0.4 is 5.32 Å². The van der Waals surface area contributed by atoms with E-state index in [4.69, 9.17) is 16.7 Å². The Morgan fingerprint density at radius 2 is 2.14 bits per heavy atom. The standard InChI is InChI=1S/C12H14ClN3O5/c1-6(2)3-8(12(18)19)15-11(17)7-4-10(13)14-5-9(7)16(20)21/h4-6,8H,3H2,1-2H3,(H,15,17)(H,18,19). The van der Waals surface area contributed by atoms with Crippen LogP contribution in [0.25, 0.3) is 0 Å². The molecule has 1 unspecified atom stereocenters. The molecule has 0 aliphatic rings. The second kappa shape index (κ2) is 6.98. The van der Waals surface area contributed by atoms with Gasteiger partial charge in [-0.3, -0.25) is 14.9 Å². The van der Waals surface area contributed by atoms with Crippen LogP contribution in [0.2, 0.25) is 5.15 Å². The lowest BCUT2D eigenvalue weighted by molar-refractivity contribution is -0.385. The van der Waals surface area contributed by atoms with E-state index in [0.717, 1.165) is 12.3 Å². The van der Waals surface area contributed by atoms with Crippen LogP contribution in [0.3, 0.4) is 0 Å². The van der Waals surface area contributed by atoms with Crippen LogP contribution in [0.4, 0.5) is 5.69 Å². The van der Waals surface area contributed by atoms with Gasteiger partial charge >= 0.3 is 5.97 Å². The van der Waals surface area contributed by atoms with Gasteiger partial charge in [0.2, 0.25) is 0 Å². The first-order valence-corrected chi connectivity index (χ1v) is 6.43. The molecule has 1 amide bonds. The van der Waals surface area contributed by atoms with E-state index in [0.29, 0.717) is 0 Å². The lowest BCUT2D eigenvalue weighted by Crippen LogP contribution is -2.41. The zero-order valence-corrected chi connectivity index (χ0v) is 12.1. The lowest BCUT2D eigenvalue weighted by Gasteiger charge is -2.16. The minimum absolute atomic E-state index is 0.0300. The SMILES string of the molecule is CC(C)CC(NC(=O)c1cc(Cl)ncc1[N+](=O)[O-])C(=O)O. The predicted molar refractivity (Wildman–Crippen MR) is 74.2 cm³/mol. The summed E-state index contributed by atoms with van der Waals surface area (Å²) in [6.07, 6.45) is 1.06. The molecular formula is C12H14ClN3O5. The number of halogens is 1. The molecule has 0 saturated heterocycles. The number of aliphatic carboxylic acids is 1. The average Bonchev–Trinajstić information content (AvgIpc) is 2.36. The van der Waals surface area contributed by atoms with E-state index >= 15 is 0 Å². The summed E-state index contributed by atoms with van der Waals surface area (Å²) in [5, 5.41) is 22.1. The third-order valence-corrected chi connectivity index (χ3v) is 2.81. The van der Waals surface area contributed by atoms with Crippen molar-refractivity contribution in [2.75, 3.05) is 0 Å². The van der Waals surface area contributed by atoms with Crippen molar-refractivity contribution in [2.45, 2.75) is 26.3 Å². The average molecular weight is 316 g/mol. The van der Waals surface area contributed by atoms with Crippen molar-refractivity contribution >= 4 is 29.2 Å². The Kier molecular flexibility index (Phi) is 5.60. The Bertz CT molecular complexity index is 576. The lowest BCUT2D eigenvalue weighted by atomic mass is 10.0. The molecule has 0 aliphatic heterocycles. The number of carbonyl (C=O) groups excluding carboxylic acids is 1. The highest BCUT2D eigenvalue weighted by molar-refractivity contribution is 6.29. The number of nitro groups is 1. The maximum Gasteiger partial charge on any atom is 0.326 e. The Balaban J connectivity index is 3.05. The highest BCUT2D eigenvalue weighted by Crippen LogP contribution is 2.20. The van der Waals surface area contributed by atoms with Crippen LogP contribution in [0, 0.1) is 16.0 Å². The van der Waals surface area contributed by atoms with E-state index in [1.807, 2.05) is 0 Å². The van der Waals surface area contributed by atoms with Gasteiger partial charge in [0.15, 0.2) is 0 Å². The molecule has 1 heterocycles. The Morgan fingerprint density at radius 1 is 1.52 bits per heavy atom. The number of aromatic nitrogens is 1. The third kappa shape index (κ3) is 4.67. The highest BCUT2D eigenvalue weighted by Gasteiger charge is 2.26. The van der Waals surface area contributed by atoms with Gasteiger partial charge in [0.25, 0.3) is 11.6 Å². The van der Waals surface area contributed by atoms with E-state index in [1.165, 1.54) is 0 Å². The third-order valence-electron chi connectivity index (χ3n) is 2.60. The van der Waals surface area contributed by atoms with Gasteiger partial charge < -0.3 is 10.4 Å². The molecular weight excluding hydrogens is 302 g/mol. The summed E-state index contributed by atoms with van der Waals surface area (Å²) in [6, 6.07) is -0.104. The maximum absolute atomic E-state index is 12.1. The normalized spacial score (nSPS) is 12.0. The monoisotopic (exact) mass is 315 g/mol. The molecule has 1 atom stereocenters. The Morgan fingerprint density at radius 3 is 2.62 bits per heavy atom. The van der Waals surface area contributed by atoms with E-state index in [9.17, 15) is 19.7 Å². The fraction of sp³-hybridized carbons (Fsp3) is 0.417. The fourth-order valence-corrected chi connectivity index (χ4v) is 1.84. The summed E-state index contributed by atoms with van der Waals surface area (Å²) in [5.74, 6) is -2.05. The zero-order chi connectivity index (χ0) is 16.2. The summed E-state index contributed by atoms with van der Waals surface area (Å²) in [4.78, 5) is 36.8. The molecule has 0 spiro atoms. The zero-order valence-electron chi connectivity index (χ0n) is 11.4. The smallest absolute Gasteiger partial charge is 0.326 e. The molecule has 21 heavy (non-hydrogen) atoms. The minimum Gasteiger partial charge on any atom is -0.480 e. The molecule has 1 aromatic rings. The van der Waals surface area contributed by atoms with Crippen molar-refractivity contribution in [2.24, 2.45) is 5.92 Å². The molecule has 1 aromatic heterocycles. The number of carbonyl (C=O) groups is 2. The summed E-state index contributed by atoms with van der Waals surface area (Å²) in [6.45, 7) is 3.60. The number of rotatable bonds is 6. The second-order valence-corrected chi connectivity index (χ2v) is 5.16. The summed E-state index contributed by atoms with van der Waals surface area (Å²) in [7, 11) is 0. The molecule has 114 valence electrons. The fourth-order valence-electron chi connectivity index (χ4n) is 1.68. The Hall–Kier alpha value is -2.22. The molecule has 0 radical (unpaired) electrons. The van der Waals surface area contributed by atoms with E-state index in [2.05, 4.69) is 10.3 Å². The second-order valence-electron chi connectivity index (χ2n) is 4.78. The molecule has 9 heteroatoms. The number of hydrogen-bond donors (Lipinski definition) is 2. The molecule has 0 saturated carbocycles. The number of hydrogen-bond acceptors (Lipinski definition) is 5. The number of pyridine rings is 1. The van der Waals surface area contributed by atoms with Gasteiger partial charge in [0.1, 0.15) is 23.0 Å². The number of carboxylic acids is 1. The van der Waals surface area contributed by atoms with Gasteiger partial charge in [-0.05, 0) is 18.4 Å². The van der Waals surface area contributed by atoms with E-state index in [1.54, 1.807) is 13.8 Å². The molecule has 2 N–H and O–H groups in total. The highest BCUT2D eigenvalue weighted by atomic mass is 35.5. The van der Waals surface area contributed by atoms with Crippen LogP contribution in [0.15, 0.2) is 12.3 Å². The molecule has 0 bridgehead atoms. The minimum atomic E-state index is -1.21. The van der Waals surface area contributed by atoms with Crippen LogP contribution in [0.5, 0.6) is 0 Å². The van der Waals surface area contributed by atoms with Crippen LogP contribution in [-0.4, -0.2) is 32.9 Å². The van der Waals surface area contributed by atoms with Crippen molar-refractivity contribution in [3.8, 4) is 0 Å². The van der Waals surface area contributed by atoms with Crippen molar-refractivity contribution in [1.29, 1.82) is 0 Å². The topological polar surface area (TPSA) is 122 Å². The Labute approximate surface area is 125 Å². The van der Waals surface area contributed by atoms with Gasteiger partial charge in [-0.25, -0.2) is 9.78 Å². The predicted octanol–water partition coefficient (Wildman–Crippen LogP) is 1.87. The summed E-state index contributed by atoms with van der Waals surface area (Å²) < 4.78 is 0. The number of nitrogens with one attached hydrogen (secondary N) is 1. The largest absolute Gasteiger partial charge is 0.480 e. The van der Waals surface area contributed by atoms with Crippen molar-refractivity contribution in [1.82, 2.24) is 10.3 Å². The molecule has 0 fully saturated rings. The molecule has 0 aromatic carbocycles. The van der Waals surface area contributed by atoms with E-state index in [-0.39, 0.29) is 23.1 Å². The van der Waals surface area contributed by atoms with Gasteiger partial charge in [-0.15, -0.1) is 0 Å². The van der Waals surface area contributed by atoms with Gasteiger partial charge in [0.05, 0.1) is 4.92 Å². The van der Waals surface area contributed by atoms with Crippen LogP contribution in [-0.2, 0) is 4.79 Å². The maximum atomic E-state index is 12.1. The van der Waals surface area contributed by atoms with Crippen LogP contribution >= 0.6 is 11.6 Å². The van der Waals surface area contributed by atoms with Gasteiger partial charge in [-0.2, -0.15) is 0 Å². The van der Waals surface area contributed by atoms with Gasteiger partial charge in [-0.1, -0.05) is 25.4 Å². The van der Waals surface area contributed by atoms with Crippen molar-refractivity contribution in [3.05, 3.63) is 33.1 Å². The van der Waals surface area contributed by atoms with Crippen molar-refractivity contribution in [3.63, 3.8) is 0 Å². The van der Waals surface area contributed by atoms with E-state index < -0.39 is 28.5 Å². The first kappa shape index (κ1) is 16.8.